The molecule has 0 amide bonds. The monoisotopic (exact) mass is 377 g/mol. The Morgan fingerprint density at radius 3 is 3.04 bits per heavy atom. The molecule has 1 aromatic carbocycles. The van der Waals surface area contributed by atoms with E-state index >= 15 is 0 Å². The second-order valence-corrected chi connectivity index (χ2v) is 6.25. The van der Waals surface area contributed by atoms with Crippen LogP contribution in [0, 0.1) is 0 Å². The van der Waals surface area contributed by atoms with Gasteiger partial charge in [0.25, 0.3) is 5.56 Å². The second kappa shape index (κ2) is 6.59. The van der Waals surface area contributed by atoms with Crippen LogP contribution in [-0.4, -0.2) is 32.8 Å². The summed E-state index contributed by atoms with van der Waals surface area (Å²) in [4.78, 5) is 21.1. The van der Waals surface area contributed by atoms with Crippen LogP contribution in [0.1, 0.15) is 18.6 Å². The number of nitrogens with one attached hydrogen (secondary N) is 1. The number of rotatable bonds is 5. The average Bonchev–Trinajstić information content (AvgIpc) is 2.97. The first-order valence-electron chi connectivity index (χ1n) is 7.20. The van der Waals surface area contributed by atoms with Crippen LogP contribution in [-0.2, 0) is 13.0 Å². The van der Waals surface area contributed by atoms with Crippen molar-refractivity contribution in [1.29, 1.82) is 0 Å². The number of benzene rings is 1. The first-order valence-corrected chi connectivity index (χ1v) is 7.99. The van der Waals surface area contributed by atoms with Gasteiger partial charge >= 0.3 is 0 Å². The van der Waals surface area contributed by atoms with Gasteiger partial charge in [-0.15, -0.1) is 0 Å². The molecule has 0 aliphatic rings. The zero-order valence-corrected chi connectivity index (χ0v) is 14.4. The quantitative estimate of drug-likeness (QED) is 0.728. The minimum atomic E-state index is -0.139. The highest BCUT2D eigenvalue weighted by molar-refractivity contribution is 9.10. The topological polar surface area (TPSA) is 85.8 Å². The fraction of sp³-hybridized carbons (Fsp3) is 0.333. The Balaban J connectivity index is 1.87. The molecule has 23 heavy (non-hydrogen) atoms. The van der Waals surface area contributed by atoms with Crippen molar-refractivity contribution in [2.24, 2.45) is 0 Å². The summed E-state index contributed by atoms with van der Waals surface area (Å²) < 4.78 is 7.52. The maximum absolute atomic E-state index is 12.5. The zero-order valence-electron chi connectivity index (χ0n) is 12.8. The van der Waals surface area contributed by atoms with Gasteiger partial charge < -0.3 is 9.84 Å². The maximum atomic E-state index is 12.5. The number of fused-ring (bicyclic) bond motifs is 1. The minimum absolute atomic E-state index is 0.139. The van der Waals surface area contributed by atoms with Crippen LogP contribution < -0.4 is 10.9 Å². The van der Waals surface area contributed by atoms with Gasteiger partial charge in [-0.2, -0.15) is 4.98 Å². The van der Waals surface area contributed by atoms with E-state index in [9.17, 15) is 4.79 Å². The molecule has 1 N–H and O–H groups in total. The molecule has 0 bridgehead atoms. The van der Waals surface area contributed by atoms with E-state index in [4.69, 9.17) is 4.52 Å². The lowest BCUT2D eigenvalue weighted by atomic mass is 10.2. The molecule has 0 aliphatic heterocycles. The van der Waals surface area contributed by atoms with Crippen molar-refractivity contribution >= 4 is 26.8 Å². The molecule has 1 atom stereocenters. The first kappa shape index (κ1) is 15.8. The third-order valence-corrected chi connectivity index (χ3v) is 4.08. The number of hydrogen-bond donors (Lipinski definition) is 1. The number of hydrogen-bond acceptors (Lipinski definition) is 6. The summed E-state index contributed by atoms with van der Waals surface area (Å²) in [6, 6.07) is 5.67. The minimum Gasteiger partial charge on any atom is -0.337 e. The van der Waals surface area contributed by atoms with E-state index < -0.39 is 0 Å². The van der Waals surface area contributed by atoms with Crippen molar-refractivity contribution in [2.75, 3.05) is 7.05 Å². The van der Waals surface area contributed by atoms with E-state index in [0.717, 1.165) is 4.47 Å². The van der Waals surface area contributed by atoms with E-state index in [1.165, 1.54) is 10.9 Å². The molecule has 120 valence electrons. The van der Waals surface area contributed by atoms with Crippen LogP contribution in [0.3, 0.4) is 0 Å². The summed E-state index contributed by atoms with van der Waals surface area (Å²) in [7, 11) is 1.88. The van der Waals surface area contributed by atoms with E-state index in [0.29, 0.717) is 29.0 Å². The molecule has 0 fully saturated rings. The first-order chi connectivity index (χ1) is 11.1. The van der Waals surface area contributed by atoms with Crippen LogP contribution in [0.2, 0.25) is 0 Å². The molecule has 1 unspecified atom stereocenters. The fourth-order valence-electron chi connectivity index (χ4n) is 2.20. The van der Waals surface area contributed by atoms with E-state index in [2.05, 4.69) is 36.4 Å². The van der Waals surface area contributed by atoms with Crippen LogP contribution >= 0.6 is 15.9 Å². The Hall–Kier alpha value is -2.06. The van der Waals surface area contributed by atoms with Crippen LogP contribution in [0.5, 0.6) is 0 Å². The van der Waals surface area contributed by atoms with Crippen molar-refractivity contribution in [3.63, 3.8) is 0 Å². The van der Waals surface area contributed by atoms with E-state index in [1.807, 2.05) is 20.0 Å². The van der Waals surface area contributed by atoms with Crippen LogP contribution in [0.15, 0.2) is 38.3 Å². The second-order valence-electron chi connectivity index (χ2n) is 5.34. The van der Waals surface area contributed by atoms with Gasteiger partial charge in [0, 0.05) is 16.9 Å². The van der Waals surface area contributed by atoms with Gasteiger partial charge in [-0.3, -0.25) is 9.36 Å². The summed E-state index contributed by atoms with van der Waals surface area (Å²) in [6.45, 7) is 2.24. The zero-order chi connectivity index (χ0) is 16.4. The molecule has 8 heteroatoms. The lowest BCUT2D eigenvalue weighted by Gasteiger charge is -2.05. The van der Waals surface area contributed by atoms with Crippen molar-refractivity contribution in [1.82, 2.24) is 25.0 Å². The molecule has 2 heterocycles. The third-order valence-electron chi connectivity index (χ3n) is 3.58. The van der Waals surface area contributed by atoms with E-state index in [1.54, 1.807) is 12.1 Å². The Kier molecular flexibility index (Phi) is 4.53. The molecule has 7 nitrogen and oxygen atoms in total. The highest BCUT2D eigenvalue weighted by atomic mass is 79.9. The Labute approximate surface area is 140 Å². The van der Waals surface area contributed by atoms with Crippen LogP contribution in [0.4, 0.5) is 0 Å². The van der Waals surface area contributed by atoms with Crippen LogP contribution in [0.25, 0.3) is 10.9 Å². The molecule has 0 saturated carbocycles. The Morgan fingerprint density at radius 1 is 1.43 bits per heavy atom. The van der Waals surface area contributed by atoms with Crippen molar-refractivity contribution in [3.05, 3.63) is 51.1 Å². The molecule has 0 spiro atoms. The average molecular weight is 378 g/mol. The Morgan fingerprint density at radius 2 is 2.26 bits per heavy atom. The SMILES string of the molecule is CNC(C)Cc1noc(Cn2cnc3ccc(Br)cc3c2=O)n1. The predicted octanol–water partition coefficient (Wildman–Crippen LogP) is 1.74. The van der Waals surface area contributed by atoms with Gasteiger partial charge in [-0.1, -0.05) is 21.1 Å². The molecule has 0 radical (unpaired) electrons. The summed E-state index contributed by atoms with van der Waals surface area (Å²) >= 11 is 3.37. The highest BCUT2D eigenvalue weighted by Gasteiger charge is 2.12. The highest BCUT2D eigenvalue weighted by Crippen LogP contribution is 2.15. The largest absolute Gasteiger partial charge is 0.337 e. The predicted molar refractivity (Wildman–Crippen MR) is 89.3 cm³/mol. The number of nitrogens with zero attached hydrogens (tertiary/aromatic N) is 4. The van der Waals surface area contributed by atoms with Gasteiger partial charge in [0.15, 0.2) is 5.82 Å². The van der Waals surface area contributed by atoms with Crippen molar-refractivity contribution in [2.45, 2.75) is 25.9 Å². The molecule has 3 aromatic rings. The van der Waals surface area contributed by atoms with Crippen molar-refractivity contribution in [3.8, 4) is 0 Å². The molecule has 2 aromatic heterocycles. The van der Waals surface area contributed by atoms with Crippen molar-refractivity contribution < 1.29 is 4.52 Å². The molecule has 0 aliphatic carbocycles. The van der Waals surface area contributed by atoms with Gasteiger partial charge in [-0.05, 0) is 32.2 Å². The fourth-order valence-corrected chi connectivity index (χ4v) is 2.56. The number of aromatic nitrogens is 4. The number of likely N-dealkylation sites (N-methyl/N-ethyl adjacent to an activating group) is 1. The summed E-state index contributed by atoms with van der Waals surface area (Å²) in [5.74, 6) is 1.01. The smallest absolute Gasteiger partial charge is 0.261 e. The normalized spacial score (nSPS) is 12.7. The molecular weight excluding hydrogens is 362 g/mol. The lowest BCUT2D eigenvalue weighted by molar-refractivity contribution is 0.363. The standard InChI is InChI=1S/C15H16BrN5O2/c1-9(17-2)5-13-19-14(23-20-13)7-21-8-18-12-4-3-10(16)6-11(12)15(21)22/h3-4,6,8-9,17H,5,7H2,1-2H3. The van der Waals surface area contributed by atoms with Gasteiger partial charge in [-0.25, -0.2) is 4.98 Å². The summed E-state index contributed by atoms with van der Waals surface area (Å²) in [5.41, 5.74) is 0.517. The summed E-state index contributed by atoms with van der Waals surface area (Å²) in [6.07, 6.45) is 2.16. The van der Waals surface area contributed by atoms with Gasteiger partial charge in [0.1, 0.15) is 6.54 Å². The van der Waals surface area contributed by atoms with Gasteiger partial charge in [0.2, 0.25) is 5.89 Å². The Bertz CT molecular complexity index is 889. The maximum Gasteiger partial charge on any atom is 0.261 e. The van der Waals surface area contributed by atoms with E-state index in [-0.39, 0.29) is 18.1 Å². The lowest BCUT2D eigenvalue weighted by Crippen LogP contribution is -2.24. The third kappa shape index (κ3) is 3.48. The molecule has 0 saturated heterocycles. The molecular formula is C15H16BrN5O2. The summed E-state index contributed by atoms with van der Waals surface area (Å²) in [5, 5.41) is 7.60. The number of halogens is 1. The molecule has 3 rings (SSSR count). The van der Waals surface area contributed by atoms with Gasteiger partial charge in [0.05, 0.1) is 17.2 Å².